The number of rotatable bonds is 1. The lowest BCUT2D eigenvalue weighted by Gasteiger charge is -2.02. The summed E-state index contributed by atoms with van der Waals surface area (Å²) in [6.07, 6.45) is 1.00. The molecular weight excluding hydrogens is 208 g/mol. The lowest BCUT2D eigenvalue weighted by Crippen LogP contribution is -1.95. The average Bonchev–Trinajstić information content (AvgIpc) is 2.62. The Morgan fingerprint density at radius 3 is 2.41 bits per heavy atom. The summed E-state index contributed by atoms with van der Waals surface area (Å²) in [5.74, 6) is 0.168. The fraction of sp³-hybridized carbons (Fsp3) is 0.188. The summed E-state index contributed by atoms with van der Waals surface area (Å²) in [6.45, 7) is 4.16. The summed E-state index contributed by atoms with van der Waals surface area (Å²) in [4.78, 5) is 12.2. The molecule has 1 aliphatic carbocycles. The monoisotopic (exact) mass is 222 g/mol. The van der Waals surface area contributed by atoms with E-state index in [1.54, 1.807) is 0 Å². The first-order valence-electron chi connectivity index (χ1n) is 5.99. The van der Waals surface area contributed by atoms with E-state index in [1.807, 2.05) is 19.1 Å². The van der Waals surface area contributed by atoms with Crippen LogP contribution in [0.3, 0.4) is 0 Å². The van der Waals surface area contributed by atoms with E-state index in [2.05, 4.69) is 31.2 Å². The molecule has 0 fully saturated rings. The molecule has 2 aromatic carbocycles. The molecule has 84 valence electrons. The summed E-state index contributed by atoms with van der Waals surface area (Å²) in [5.41, 5.74) is 6.32. The summed E-state index contributed by atoms with van der Waals surface area (Å²) in [6, 6.07) is 12.3. The van der Waals surface area contributed by atoms with Gasteiger partial charge in [0.15, 0.2) is 5.78 Å². The van der Waals surface area contributed by atoms with Crippen LogP contribution in [-0.2, 0) is 6.42 Å². The van der Waals surface area contributed by atoms with Crippen LogP contribution in [0.1, 0.15) is 34.0 Å². The zero-order valence-electron chi connectivity index (χ0n) is 10.1. The van der Waals surface area contributed by atoms with Gasteiger partial charge in [-0.05, 0) is 36.1 Å². The van der Waals surface area contributed by atoms with Crippen LogP contribution >= 0.6 is 0 Å². The Morgan fingerprint density at radius 1 is 0.882 bits per heavy atom. The maximum atomic E-state index is 12.2. The minimum absolute atomic E-state index is 0.168. The molecule has 0 unspecified atom stereocenters. The van der Waals surface area contributed by atoms with Gasteiger partial charge in [0.25, 0.3) is 0 Å². The number of fused-ring (bicyclic) bond motifs is 3. The van der Waals surface area contributed by atoms with Crippen molar-refractivity contribution in [3.05, 3.63) is 58.7 Å². The first-order chi connectivity index (χ1) is 8.20. The largest absolute Gasteiger partial charge is 0.289 e. The fourth-order valence-electron chi connectivity index (χ4n) is 2.46. The van der Waals surface area contributed by atoms with Gasteiger partial charge in [0.2, 0.25) is 0 Å². The van der Waals surface area contributed by atoms with E-state index in [0.717, 1.165) is 34.2 Å². The van der Waals surface area contributed by atoms with Crippen LogP contribution in [-0.4, -0.2) is 5.78 Å². The molecule has 17 heavy (non-hydrogen) atoms. The Bertz CT molecular complexity index is 623. The van der Waals surface area contributed by atoms with Crippen LogP contribution in [0.5, 0.6) is 0 Å². The number of hydrogen-bond acceptors (Lipinski definition) is 1. The molecule has 3 rings (SSSR count). The average molecular weight is 222 g/mol. The molecule has 1 heteroatoms. The third-order valence-electron chi connectivity index (χ3n) is 3.45. The first-order valence-corrected chi connectivity index (χ1v) is 5.99. The van der Waals surface area contributed by atoms with Gasteiger partial charge in [-0.15, -0.1) is 0 Å². The highest BCUT2D eigenvalue weighted by Crippen LogP contribution is 2.37. The van der Waals surface area contributed by atoms with Gasteiger partial charge in [-0.3, -0.25) is 4.79 Å². The molecule has 0 bridgehead atoms. The van der Waals surface area contributed by atoms with Crippen molar-refractivity contribution in [1.29, 1.82) is 0 Å². The van der Waals surface area contributed by atoms with Gasteiger partial charge in [0, 0.05) is 11.1 Å². The van der Waals surface area contributed by atoms with Crippen LogP contribution in [0.4, 0.5) is 0 Å². The second kappa shape index (κ2) is 3.56. The number of benzene rings is 2. The smallest absolute Gasteiger partial charge is 0.194 e. The van der Waals surface area contributed by atoms with Crippen LogP contribution in [0.25, 0.3) is 11.1 Å². The molecule has 0 atom stereocenters. The Labute approximate surface area is 101 Å². The SMILES string of the molecule is CCc1ccc2c(c1)-c1ccc(C)cc1C2=O. The van der Waals surface area contributed by atoms with Crippen LogP contribution < -0.4 is 0 Å². The van der Waals surface area contributed by atoms with E-state index in [9.17, 15) is 4.79 Å². The summed E-state index contributed by atoms with van der Waals surface area (Å²) in [7, 11) is 0. The van der Waals surface area contributed by atoms with Gasteiger partial charge in [0.05, 0.1) is 0 Å². The van der Waals surface area contributed by atoms with Gasteiger partial charge < -0.3 is 0 Å². The molecule has 0 saturated carbocycles. The topological polar surface area (TPSA) is 17.1 Å². The van der Waals surface area contributed by atoms with Crippen molar-refractivity contribution in [3.8, 4) is 11.1 Å². The summed E-state index contributed by atoms with van der Waals surface area (Å²) < 4.78 is 0. The zero-order chi connectivity index (χ0) is 12.0. The zero-order valence-corrected chi connectivity index (χ0v) is 10.1. The molecule has 0 N–H and O–H groups in total. The van der Waals surface area contributed by atoms with Crippen LogP contribution in [0.2, 0.25) is 0 Å². The molecule has 2 aromatic rings. The highest BCUT2D eigenvalue weighted by atomic mass is 16.1. The quantitative estimate of drug-likeness (QED) is 0.612. The Morgan fingerprint density at radius 2 is 1.65 bits per heavy atom. The molecule has 0 amide bonds. The van der Waals surface area contributed by atoms with Crippen molar-refractivity contribution in [2.75, 3.05) is 0 Å². The first kappa shape index (κ1) is 10.3. The summed E-state index contributed by atoms with van der Waals surface area (Å²) >= 11 is 0. The maximum Gasteiger partial charge on any atom is 0.194 e. The van der Waals surface area contributed by atoms with Crippen molar-refractivity contribution in [3.63, 3.8) is 0 Å². The van der Waals surface area contributed by atoms with Gasteiger partial charge in [-0.1, -0.05) is 42.8 Å². The molecule has 0 spiro atoms. The number of ketones is 1. The van der Waals surface area contributed by atoms with Crippen molar-refractivity contribution in [2.45, 2.75) is 20.3 Å². The van der Waals surface area contributed by atoms with E-state index in [4.69, 9.17) is 0 Å². The van der Waals surface area contributed by atoms with Gasteiger partial charge in [-0.25, -0.2) is 0 Å². The normalized spacial score (nSPS) is 12.5. The second-order valence-corrected chi connectivity index (χ2v) is 4.61. The van der Waals surface area contributed by atoms with Crippen molar-refractivity contribution < 1.29 is 4.79 Å². The van der Waals surface area contributed by atoms with Crippen LogP contribution in [0.15, 0.2) is 36.4 Å². The standard InChI is InChI=1S/C16H14O/c1-3-11-5-7-13-14(9-11)12-6-4-10(2)8-15(12)16(13)17/h4-9H,3H2,1-2H3. The molecule has 0 aromatic heterocycles. The predicted octanol–water partition coefficient (Wildman–Crippen LogP) is 3.77. The van der Waals surface area contributed by atoms with E-state index < -0.39 is 0 Å². The van der Waals surface area contributed by atoms with Gasteiger partial charge >= 0.3 is 0 Å². The highest BCUT2D eigenvalue weighted by molar-refractivity contribution is 6.21. The van der Waals surface area contributed by atoms with Crippen molar-refractivity contribution >= 4 is 5.78 Å². The van der Waals surface area contributed by atoms with E-state index in [-0.39, 0.29) is 5.78 Å². The molecule has 1 nitrogen and oxygen atoms in total. The Kier molecular flexibility index (Phi) is 2.15. The van der Waals surface area contributed by atoms with E-state index in [0.29, 0.717) is 0 Å². The number of carbonyl (C=O) groups excluding carboxylic acids is 1. The molecule has 0 radical (unpaired) electrons. The van der Waals surface area contributed by atoms with E-state index >= 15 is 0 Å². The minimum Gasteiger partial charge on any atom is -0.289 e. The Balaban J connectivity index is 2.29. The predicted molar refractivity (Wildman–Crippen MR) is 69.4 cm³/mol. The summed E-state index contributed by atoms with van der Waals surface area (Å²) in [5, 5.41) is 0. The van der Waals surface area contributed by atoms with Crippen LogP contribution in [0, 0.1) is 6.92 Å². The molecule has 0 heterocycles. The number of aryl methyl sites for hydroxylation is 2. The molecule has 0 saturated heterocycles. The Hall–Kier alpha value is -1.89. The molecular formula is C16H14O. The highest BCUT2D eigenvalue weighted by Gasteiger charge is 2.26. The lowest BCUT2D eigenvalue weighted by molar-refractivity contribution is 0.104. The number of carbonyl (C=O) groups is 1. The fourth-order valence-corrected chi connectivity index (χ4v) is 2.46. The van der Waals surface area contributed by atoms with Gasteiger partial charge in [-0.2, -0.15) is 0 Å². The molecule has 0 aliphatic heterocycles. The third kappa shape index (κ3) is 1.42. The van der Waals surface area contributed by atoms with Crippen molar-refractivity contribution in [2.24, 2.45) is 0 Å². The second-order valence-electron chi connectivity index (χ2n) is 4.61. The maximum absolute atomic E-state index is 12.2. The lowest BCUT2D eigenvalue weighted by atomic mass is 10.0. The van der Waals surface area contributed by atoms with E-state index in [1.165, 1.54) is 5.56 Å². The molecule has 1 aliphatic rings. The number of hydrogen-bond donors (Lipinski definition) is 0. The third-order valence-corrected chi connectivity index (χ3v) is 3.45. The van der Waals surface area contributed by atoms with Gasteiger partial charge in [0.1, 0.15) is 0 Å². The minimum atomic E-state index is 0.168. The van der Waals surface area contributed by atoms with Crippen molar-refractivity contribution in [1.82, 2.24) is 0 Å².